The van der Waals surface area contributed by atoms with Gasteiger partial charge in [-0.05, 0) is 49.7 Å². The second kappa shape index (κ2) is 5.45. The Morgan fingerprint density at radius 1 is 1.30 bits per heavy atom. The van der Waals surface area contributed by atoms with Crippen molar-refractivity contribution in [3.05, 3.63) is 29.3 Å². The summed E-state index contributed by atoms with van der Waals surface area (Å²) in [6, 6.07) is 8.37. The molecule has 0 unspecified atom stereocenters. The molecule has 0 spiro atoms. The van der Waals surface area contributed by atoms with Gasteiger partial charge in [0.05, 0.1) is 15.2 Å². The average molecular weight is 288 g/mol. The van der Waals surface area contributed by atoms with E-state index in [4.69, 9.17) is 10.7 Å². The molecular formula is C17H24N2S. The van der Waals surface area contributed by atoms with Crippen LogP contribution in [-0.2, 0) is 6.42 Å². The van der Waals surface area contributed by atoms with Crippen LogP contribution in [0.15, 0.2) is 24.3 Å². The number of hydrogen-bond acceptors (Lipinski definition) is 3. The number of fused-ring (bicyclic) bond motifs is 1. The number of aromatic nitrogens is 1. The molecule has 2 aromatic rings. The molecule has 0 atom stereocenters. The molecule has 1 saturated carbocycles. The second-order valence-corrected chi connectivity index (χ2v) is 7.81. The van der Waals surface area contributed by atoms with Crippen molar-refractivity contribution < 1.29 is 0 Å². The minimum atomic E-state index is -0.0285. The van der Waals surface area contributed by atoms with Crippen molar-refractivity contribution in [3.63, 3.8) is 0 Å². The van der Waals surface area contributed by atoms with E-state index < -0.39 is 0 Å². The first kappa shape index (κ1) is 14.0. The number of rotatable bonds is 3. The van der Waals surface area contributed by atoms with Crippen molar-refractivity contribution in [1.29, 1.82) is 0 Å². The third kappa shape index (κ3) is 2.89. The molecule has 2 N–H and O–H groups in total. The Morgan fingerprint density at radius 2 is 2.00 bits per heavy atom. The summed E-state index contributed by atoms with van der Waals surface area (Å²) in [6.07, 6.45) is 5.78. The van der Waals surface area contributed by atoms with Crippen molar-refractivity contribution in [2.75, 3.05) is 0 Å². The Morgan fingerprint density at radius 3 is 2.65 bits per heavy atom. The number of thiazole rings is 1. The lowest BCUT2D eigenvalue weighted by Gasteiger charge is -2.38. The molecule has 0 saturated heterocycles. The zero-order valence-electron chi connectivity index (χ0n) is 12.4. The third-order valence-corrected chi connectivity index (χ3v) is 5.85. The Kier molecular flexibility index (Phi) is 3.83. The molecule has 0 bridgehead atoms. The number of hydrogen-bond donors (Lipinski definition) is 1. The van der Waals surface area contributed by atoms with Gasteiger partial charge in [0.2, 0.25) is 0 Å². The zero-order valence-corrected chi connectivity index (χ0v) is 13.2. The highest BCUT2D eigenvalue weighted by Crippen LogP contribution is 2.37. The molecule has 3 heteroatoms. The lowest BCUT2D eigenvalue weighted by atomic mass is 9.72. The van der Waals surface area contributed by atoms with E-state index in [2.05, 4.69) is 38.1 Å². The summed E-state index contributed by atoms with van der Waals surface area (Å²) in [5.41, 5.74) is 7.73. The molecule has 20 heavy (non-hydrogen) atoms. The SMILES string of the molecule is CC(C)C1CCC(N)(Cc2nc3ccccc3s2)CC1. The van der Waals surface area contributed by atoms with Gasteiger partial charge in [-0.3, -0.25) is 0 Å². The van der Waals surface area contributed by atoms with Gasteiger partial charge in [0.25, 0.3) is 0 Å². The van der Waals surface area contributed by atoms with Crippen LogP contribution < -0.4 is 5.73 Å². The maximum Gasteiger partial charge on any atom is 0.0956 e. The summed E-state index contributed by atoms with van der Waals surface area (Å²) in [5.74, 6) is 1.66. The molecule has 1 aliphatic carbocycles. The Bertz CT molecular complexity index is 546. The summed E-state index contributed by atoms with van der Waals surface area (Å²) in [6.45, 7) is 4.67. The van der Waals surface area contributed by atoms with E-state index in [-0.39, 0.29) is 5.54 Å². The van der Waals surface area contributed by atoms with Crippen molar-refractivity contribution in [2.24, 2.45) is 17.6 Å². The largest absolute Gasteiger partial charge is 0.325 e. The zero-order chi connectivity index (χ0) is 14.2. The van der Waals surface area contributed by atoms with E-state index in [1.807, 2.05) is 0 Å². The van der Waals surface area contributed by atoms with Crippen molar-refractivity contribution >= 4 is 21.6 Å². The molecule has 0 radical (unpaired) electrons. The highest BCUT2D eigenvalue weighted by atomic mass is 32.1. The van der Waals surface area contributed by atoms with Gasteiger partial charge in [-0.25, -0.2) is 4.98 Å². The molecule has 1 aromatic heterocycles. The van der Waals surface area contributed by atoms with E-state index in [0.717, 1.165) is 36.6 Å². The van der Waals surface area contributed by atoms with E-state index in [0.29, 0.717) is 0 Å². The lowest BCUT2D eigenvalue weighted by molar-refractivity contribution is 0.194. The van der Waals surface area contributed by atoms with Gasteiger partial charge in [-0.1, -0.05) is 26.0 Å². The molecule has 3 rings (SSSR count). The number of nitrogens with zero attached hydrogens (tertiary/aromatic N) is 1. The first-order chi connectivity index (χ1) is 9.56. The van der Waals surface area contributed by atoms with Gasteiger partial charge in [0, 0.05) is 12.0 Å². The van der Waals surface area contributed by atoms with Gasteiger partial charge in [-0.2, -0.15) is 0 Å². The van der Waals surface area contributed by atoms with Gasteiger partial charge < -0.3 is 5.73 Å². The minimum absolute atomic E-state index is 0.0285. The molecule has 1 aliphatic rings. The summed E-state index contributed by atoms with van der Waals surface area (Å²) in [7, 11) is 0. The summed E-state index contributed by atoms with van der Waals surface area (Å²) >= 11 is 1.81. The van der Waals surface area contributed by atoms with Gasteiger partial charge >= 0.3 is 0 Å². The second-order valence-electron chi connectivity index (χ2n) is 6.70. The number of benzene rings is 1. The number of para-hydroxylation sites is 1. The predicted octanol–water partition coefficient (Wildman–Crippen LogP) is 4.38. The first-order valence-electron chi connectivity index (χ1n) is 7.69. The van der Waals surface area contributed by atoms with Crippen LogP contribution in [0.25, 0.3) is 10.2 Å². The topological polar surface area (TPSA) is 38.9 Å². The number of nitrogens with two attached hydrogens (primary N) is 1. The van der Waals surface area contributed by atoms with E-state index >= 15 is 0 Å². The summed E-state index contributed by atoms with van der Waals surface area (Å²) < 4.78 is 1.28. The lowest BCUT2D eigenvalue weighted by Crippen LogP contribution is -2.45. The van der Waals surface area contributed by atoms with Crippen molar-refractivity contribution in [2.45, 2.75) is 51.5 Å². The normalized spacial score (nSPS) is 27.3. The van der Waals surface area contributed by atoms with E-state index in [9.17, 15) is 0 Å². The fourth-order valence-electron chi connectivity index (χ4n) is 3.36. The maximum atomic E-state index is 6.64. The first-order valence-corrected chi connectivity index (χ1v) is 8.51. The van der Waals surface area contributed by atoms with Crippen LogP contribution in [0.3, 0.4) is 0 Å². The molecular weight excluding hydrogens is 264 g/mol. The van der Waals surface area contributed by atoms with Crippen LogP contribution in [-0.4, -0.2) is 10.5 Å². The van der Waals surface area contributed by atoms with Crippen LogP contribution in [0.2, 0.25) is 0 Å². The maximum absolute atomic E-state index is 6.64. The van der Waals surface area contributed by atoms with Gasteiger partial charge in [-0.15, -0.1) is 11.3 Å². The van der Waals surface area contributed by atoms with E-state index in [1.54, 1.807) is 11.3 Å². The fraction of sp³-hybridized carbons (Fsp3) is 0.588. The molecule has 0 amide bonds. The van der Waals surface area contributed by atoms with Crippen molar-refractivity contribution in [1.82, 2.24) is 4.98 Å². The molecule has 1 aromatic carbocycles. The smallest absolute Gasteiger partial charge is 0.0956 e. The third-order valence-electron chi connectivity index (χ3n) is 4.81. The van der Waals surface area contributed by atoms with Crippen LogP contribution in [0.1, 0.15) is 44.5 Å². The highest BCUT2D eigenvalue weighted by molar-refractivity contribution is 7.18. The minimum Gasteiger partial charge on any atom is -0.325 e. The Balaban J connectivity index is 1.71. The Labute approximate surface area is 125 Å². The summed E-state index contributed by atoms with van der Waals surface area (Å²) in [4.78, 5) is 4.74. The van der Waals surface area contributed by atoms with Crippen LogP contribution in [0, 0.1) is 11.8 Å². The average Bonchev–Trinajstić information content (AvgIpc) is 2.80. The standard InChI is InChI=1S/C17H24N2S/c1-12(2)13-7-9-17(18,10-8-13)11-16-19-14-5-3-4-6-15(14)20-16/h3-6,12-13H,7-11,18H2,1-2H3. The molecule has 1 heterocycles. The molecule has 108 valence electrons. The van der Waals surface area contributed by atoms with Gasteiger partial charge in [0.15, 0.2) is 0 Å². The van der Waals surface area contributed by atoms with Crippen LogP contribution in [0.5, 0.6) is 0 Å². The quantitative estimate of drug-likeness (QED) is 0.910. The summed E-state index contributed by atoms with van der Waals surface area (Å²) in [5, 5.41) is 1.21. The van der Waals surface area contributed by atoms with Crippen LogP contribution >= 0.6 is 11.3 Å². The van der Waals surface area contributed by atoms with Gasteiger partial charge in [0.1, 0.15) is 0 Å². The predicted molar refractivity (Wildman–Crippen MR) is 87.0 cm³/mol. The Hall–Kier alpha value is -0.930. The van der Waals surface area contributed by atoms with E-state index in [1.165, 1.54) is 22.5 Å². The highest BCUT2D eigenvalue weighted by Gasteiger charge is 2.33. The monoisotopic (exact) mass is 288 g/mol. The molecule has 0 aliphatic heterocycles. The van der Waals surface area contributed by atoms with Crippen LogP contribution in [0.4, 0.5) is 0 Å². The molecule has 2 nitrogen and oxygen atoms in total. The fourth-order valence-corrected chi connectivity index (χ4v) is 4.48. The molecule has 1 fully saturated rings. The van der Waals surface area contributed by atoms with Crippen molar-refractivity contribution in [3.8, 4) is 0 Å².